The predicted molar refractivity (Wildman–Crippen MR) is 102 cm³/mol. The van der Waals surface area contributed by atoms with Crippen molar-refractivity contribution in [3.05, 3.63) is 65.5 Å². The third kappa shape index (κ3) is 4.33. The first-order valence-corrected chi connectivity index (χ1v) is 10.4. The minimum absolute atomic E-state index is 0.205. The van der Waals surface area contributed by atoms with Gasteiger partial charge in [-0.2, -0.15) is 5.10 Å². The van der Waals surface area contributed by atoms with Gasteiger partial charge in [-0.25, -0.2) is 17.8 Å². The molecule has 0 saturated heterocycles. The molecule has 0 bridgehead atoms. The number of nitrogens with zero attached hydrogens (tertiary/aromatic N) is 2. The Morgan fingerprint density at radius 3 is 2.67 bits per heavy atom. The summed E-state index contributed by atoms with van der Waals surface area (Å²) in [5, 5.41) is 5.75. The SMILES string of the molecule is CCC(=O)N1N=C(c2cccc(NS(C)(=O)=O)c2)CC1c1ccccc1F. The van der Waals surface area contributed by atoms with Crippen LogP contribution in [0.2, 0.25) is 0 Å². The van der Waals surface area contributed by atoms with Crippen molar-refractivity contribution >= 4 is 27.3 Å². The van der Waals surface area contributed by atoms with Crippen molar-refractivity contribution in [1.82, 2.24) is 5.01 Å². The molecule has 8 heteroatoms. The Bertz CT molecular complexity index is 1000. The first kappa shape index (κ1) is 19.0. The Morgan fingerprint density at radius 2 is 2.00 bits per heavy atom. The molecule has 1 aliphatic rings. The zero-order valence-electron chi connectivity index (χ0n) is 15.0. The number of carbonyl (C=O) groups is 1. The van der Waals surface area contributed by atoms with E-state index in [2.05, 4.69) is 9.82 Å². The number of nitrogens with one attached hydrogen (secondary N) is 1. The molecule has 1 aliphatic heterocycles. The third-order valence-corrected chi connectivity index (χ3v) is 4.84. The van der Waals surface area contributed by atoms with Gasteiger partial charge in [-0.1, -0.05) is 37.3 Å². The average molecular weight is 389 g/mol. The first-order valence-electron chi connectivity index (χ1n) is 8.50. The Kier molecular flexibility index (Phi) is 5.27. The molecule has 27 heavy (non-hydrogen) atoms. The number of anilines is 1. The summed E-state index contributed by atoms with van der Waals surface area (Å²) in [6.07, 6.45) is 1.66. The summed E-state index contributed by atoms with van der Waals surface area (Å²) in [6.45, 7) is 1.73. The number of sulfonamides is 1. The van der Waals surface area contributed by atoms with Crippen LogP contribution >= 0.6 is 0 Å². The van der Waals surface area contributed by atoms with E-state index in [-0.39, 0.29) is 18.1 Å². The van der Waals surface area contributed by atoms with Crippen LogP contribution < -0.4 is 4.72 Å². The van der Waals surface area contributed by atoms with E-state index in [1.807, 2.05) is 0 Å². The second-order valence-electron chi connectivity index (χ2n) is 6.34. The van der Waals surface area contributed by atoms with Gasteiger partial charge in [0.2, 0.25) is 15.9 Å². The second-order valence-corrected chi connectivity index (χ2v) is 8.08. The minimum Gasteiger partial charge on any atom is -0.284 e. The van der Waals surface area contributed by atoms with Gasteiger partial charge >= 0.3 is 0 Å². The summed E-state index contributed by atoms with van der Waals surface area (Å²) >= 11 is 0. The number of carbonyl (C=O) groups excluding carboxylic acids is 1. The fourth-order valence-corrected chi connectivity index (χ4v) is 3.60. The normalized spacial score (nSPS) is 16.9. The molecular weight excluding hydrogens is 369 g/mol. The number of benzene rings is 2. The summed E-state index contributed by atoms with van der Waals surface area (Å²) in [5.74, 6) is -0.594. The van der Waals surface area contributed by atoms with Crippen LogP contribution in [0.5, 0.6) is 0 Å². The van der Waals surface area contributed by atoms with Crippen molar-refractivity contribution in [1.29, 1.82) is 0 Å². The van der Waals surface area contributed by atoms with E-state index in [4.69, 9.17) is 0 Å². The van der Waals surface area contributed by atoms with E-state index >= 15 is 0 Å². The lowest BCUT2D eigenvalue weighted by atomic mass is 9.97. The lowest BCUT2D eigenvalue weighted by Gasteiger charge is -2.21. The summed E-state index contributed by atoms with van der Waals surface area (Å²) in [6, 6.07) is 12.6. The van der Waals surface area contributed by atoms with Crippen molar-refractivity contribution in [2.45, 2.75) is 25.8 Å². The maximum Gasteiger partial charge on any atom is 0.242 e. The van der Waals surface area contributed by atoms with Crippen LogP contribution in [-0.2, 0) is 14.8 Å². The molecule has 0 saturated carbocycles. The number of amides is 1. The number of hydrogen-bond donors (Lipinski definition) is 1. The van der Waals surface area contributed by atoms with Crippen molar-refractivity contribution in [2.75, 3.05) is 11.0 Å². The molecule has 1 atom stereocenters. The molecule has 0 spiro atoms. The topological polar surface area (TPSA) is 78.8 Å². The van der Waals surface area contributed by atoms with Crippen molar-refractivity contribution < 1.29 is 17.6 Å². The van der Waals surface area contributed by atoms with E-state index in [0.717, 1.165) is 6.26 Å². The zero-order chi connectivity index (χ0) is 19.6. The van der Waals surface area contributed by atoms with Crippen molar-refractivity contribution in [2.24, 2.45) is 5.10 Å². The highest BCUT2D eigenvalue weighted by molar-refractivity contribution is 7.92. The molecule has 1 amide bonds. The lowest BCUT2D eigenvalue weighted by molar-refractivity contribution is -0.132. The van der Waals surface area contributed by atoms with Gasteiger partial charge in [0, 0.05) is 24.1 Å². The highest BCUT2D eigenvalue weighted by Gasteiger charge is 2.33. The van der Waals surface area contributed by atoms with Gasteiger partial charge in [-0.05, 0) is 23.8 Å². The lowest BCUT2D eigenvalue weighted by Crippen LogP contribution is -2.26. The molecule has 0 aromatic heterocycles. The number of hydrogen-bond acceptors (Lipinski definition) is 4. The maximum absolute atomic E-state index is 14.3. The van der Waals surface area contributed by atoms with Gasteiger partial charge in [-0.15, -0.1) is 0 Å². The van der Waals surface area contributed by atoms with E-state index in [1.54, 1.807) is 49.4 Å². The van der Waals surface area contributed by atoms with Crippen LogP contribution in [0.4, 0.5) is 10.1 Å². The van der Waals surface area contributed by atoms with Gasteiger partial charge < -0.3 is 0 Å². The van der Waals surface area contributed by atoms with Crippen LogP contribution in [0.25, 0.3) is 0 Å². The Hall–Kier alpha value is -2.74. The van der Waals surface area contributed by atoms with Gasteiger partial charge in [0.25, 0.3) is 0 Å². The molecule has 0 fully saturated rings. The molecule has 0 radical (unpaired) electrons. The van der Waals surface area contributed by atoms with Crippen LogP contribution in [0, 0.1) is 5.82 Å². The molecule has 2 aromatic carbocycles. The van der Waals surface area contributed by atoms with E-state index in [1.165, 1.54) is 11.1 Å². The molecule has 6 nitrogen and oxygen atoms in total. The molecular formula is C19H20FN3O3S. The van der Waals surface area contributed by atoms with Gasteiger partial charge in [0.05, 0.1) is 18.0 Å². The standard InChI is InChI=1S/C19H20FN3O3S/c1-3-19(24)23-18(15-9-4-5-10-16(15)20)12-17(21-23)13-7-6-8-14(11-13)22-27(2,25)26/h4-11,18,22H,3,12H2,1-2H3. The fraction of sp³-hybridized carbons (Fsp3) is 0.263. The molecule has 0 aliphatic carbocycles. The molecule has 1 N–H and O–H groups in total. The van der Waals surface area contributed by atoms with Crippen LogP contribution in [0.3, 0.4) is 0 Å². The molecule has 3 rings (SSSR count). The number of hydrazone groups is 1. The largest absolute Gasteiger partial charge is 0.284 e. The van der Waals surface area contributed by atoms with Crippen LogP contribution in [-0.4, -0.2) is 31.3 Å². The first-order chi connectivity index (χ1) is 12.8. The Morgan fingerprint density at radius 1 is 1.26 bits per heavy atom. The maximum atomic E-state index is 14.3. The molecule has 1 heterocycles. The van der Waals surface area contributed by atoms with E-state index in [9.17, 15) is 17.6 Å². The molecule has 1 unspecified atom stereocenters. The summed E-state index contributed by atoms with van der Waals surface area (Å²) in [5.41, 5.74) is 2.09. The monoisotopic (exact) mass is 389 g/mol. The molecule has 142 valence electrons. The summed E-state index contributed by atoms with van der Waals surface area (Å²) in [4.78, 5) is 12.3. The van der Waals surface area contributed by atoms with Crippen LogP contribution in [0.1, 0.15) is 36.9 Å². The van der Waals surface area contributed by atoms with E-state index in [0.29, 0.717) is 28.9 Å². The number of halogens is 1. The van der Waals surface area contributed by atoms with Gasteiger partial charge in [0.15, 0.2) is 0 Å². The Balaban J connectivity index is 1.96. The van der Waals surface area contributed by atoms with Gasteiger partial charge in [0.1, 0.15) is 5.82 Å². The summed E-state index contributed by atoms with van der Waals surface area (Å²) < 4.78 is 39.6. The zero-order valence-corrected chi connectivity index (χ0v) is 15.8. The quantitative estimate of drug-likeness (QED) is 0.852. The molecule has 2 aromatic rings. The van der Waals surface area contributed by atoms with E-state index < -0.39 is 16.1 Å². The predicted octanol–water partition coefficient (Wildman–Crippen LogP) is 3.28. The average Bonchev–Trinajstić information content (AvgIpc) is 3.05. The summed E-state index contributed by atoms with van der Waals surface area (Å²) in [7, 11) is -3.41. The minimum atomic E-state index is -3.41. The highest BCUT2D eigenvalue weighted by atomic mass is 32.2. The number of rotatable bonds is 5. The second kappa shape index (κ2) is 7.48. The van der Waals surface area contributed by atoms with Crippen molar-refractivity contribution in [3.63, 3.8) is 0 Å². The fourth-order valence-electron chi connectivity index (χ4n) is 3.04. The Labute approximate surface area is 157 Å². The highest BCUT2D eigenvalue weighted by Crippen LogP contribution is 2.34. The van der Waals surface area contributed by atoms with Crippen molar-refractivity contribution in [3.8, 4) is 0 Å². The van der Waals surface area contributed by atoms with Crippen LogP contribution in [0.15, 0.2) is 53.6 Å². The smallest absolute Gasteiger partial charge is 0.242 e. The van der Waals surface area contributed by atoms with Gasteiger partial charge in [-0.3, -0.25) is 9.52 Å². The third-order valence-electron chi connectivity index (χ3n) is 4.23.